The fraction of sp³-hybridized carbons (Fsp3) is 1.00. The highest BCUT2D eigenvalue weighted by molar-refractivity contribution is 4.91. The van der Waals surface area contributed by atoms with Gasteiger partial charge in [0, 0.05) is 0 Å². The summed E-state index contributed by atoms with van der Waals surface area (Å²) in [7, 11) is 0. The molecular formula is C16H30. The molecule has 0 aromatic heterocycles. The monoisotopic (exact) mass is 222 g/mol. The quantitative estimate of drug-likeness (QED) is 0.586. The van der Waals surface area contributed by atoms with Crippen LogP contribution in [0.15, 0.2) is 0 Å². The Morgan fingerprint density at radius 3 is 1.81 bits per heavy atom. The Balaban J connectivity index is 2.02. The first-order valence-corrected chi connectivity index (χ1v) is 7.50. The molecule has 0 heteroatoms. The van der Waals surface area contributed by atoms with E-state index in [0.29, 0.717) is 0 Å². The van der Waals surface area contributed by atoms with Crippen LogP contribution in [0.25, 0.3) is 0 Å². The average molecular weight is 222 g/mol. The third-order valence-electron chi connectivity index (χ3n) is 6.09. The first kappa shape index (κ1) is 12.5. The zero-order chi connectivity index (χ0) is 11.9. The molecule has 0 aromatic rings. The highest BCUT2D eigenvalue weighted by Crippen LogP contribution is 2.50. The highest BCUT2D eigenvalue weighted by Gasteiger charge is 2.42. The van der Waals surface area contributed by atoms with Gasteiger partial charge in [-0.15, -0.1) is 0 Å². The number of hydrogen-bond donors (Lipinski definition) is 0. The molecule has 94 valence electrons. The fourth-order valence-corrected chi connectivity index (χ4v) is 4.69. The molecule has 0 nitrogen and oxygen atoms in total. The average Bonchev–Trinajstić information content (AvgIpc) is 2.47. The second-order valence-corrected chi connectivity index (χ2v) is 7.15. The van der Waals surface area contributed by atoms with Gasteiger partial charge in [0.2, 0.25) is 0 Å². The van der Waals surface area contributed by atoms with Crippen LogP contribution in [-0.4, -0.2) is 0 Å². The van der Waals surface area contributed by atoms with Gasteiger partial charge in [0.25, 0.3) is 0 Å². The zero-order valence-electron chi connectivity index (χ0n) is 11.9. The van der Waals surface area contributed by atoms with Gasteiger partial charge in [-0.25, -0.2) is 0 Å². The van der Waals surface area contributed by atoms with Crippen LogP contribution in [0.5, 0.6) is 0 Å². The fourth-order valence-electron chi connectivity index (χ4n) is 4.69. The van der Waals surface area contributed by atoms with E-state index < -0.39 is 0 Å². The molecule has 2 rings (SSSR count). The predicted molar refractivity (Wildman–Crippen MR) is 71.3 cm³/mol. The second kappa shape index (κ2) is 4.70. The summed E-state index contributed by atoms with van der Waals surface area (Å²) >= 11 is 0. The van der Waals surface area contributed by atoms with Crippen LogP contribution in [-0.2, 0) is 0 Å². The minimum Gasteiger partial charge on any atom is -0.0623 e. The van der Waals surface area contributed by atoms with Gasteiger partial charge >= 0.3 is 0 Å². The van der Waals surface area contributed by atoms with Crippen molar-refractivity contribution in [2.45, 2.75) is 60.3 Å². The zero-order valence-corrected chi connectivity index (χ0v) is 11.9. The number of hydrogen-bond acceptors (Lipinski definition) is 0. The summed E-state index contributed by atoms with van der Waals surface area (Å²) in [6.07, 6.45) is 5.98. The van der Waals surface area contributed by atoms with Crippen LogP contribution in [0.4, 0.5) is 0 Å². The first-order valence-electron chi connectivity index (χ1n) is 7.50. The standard InChI is InChI=1S/C16H30/c1-10-6-7-15(9-11(10)2)16-13(4)8-12(3)14(16)5/h10-16H,6-9H2,1-5H3. The molecule has 2 saturated carbocycles. The Morgan fingerprint density at radius 1 is 0.625 bits per heavy atom. The Bertz CT molecular complexity index is 232. The molecule has 7 unspecified atom stereocenters. The smallest absolute Gasteiger partial charge is 0.0332 e. The molecule has 0 heterocycles. The van der Waals surface area contributed by atoms with E-state index in [-0.39, 0.29) is 0 Å². The summed E-state index contributed by atoms with van der Waals surface area (Å²) in [5, 5.41) is 0. The minimum absolute atomic E-state index is 0.967. The Kier molecular flexibility index (Phi) is 3.66. The van der Waals surface area contributed by atoms with Crippen molar-refractivity contribution in [3.8, 4) is 0 Å². The topological polar surface area (TPSA) is 0 Å². The van der Waals surface area contributed by atoms with E-state index in [1.54, 1.807) is 0 Å². The van der Waals surface area contributed by atoms with Crippen LogP contribution in [0.3, 0.4) is 0 Å². The van der Waals surface area contributed by atoms with Gasteiger partial charge in [0.05, 0.1) is 0 Å². The van der Waals surface area contributed by atoms with E-state index in [1.165, 1.54) is 25.7 Å². The molecule has 2 fully saturated rings. The lowest BCUT2D eigenvalue weighted by Crippen LogP contribution is -2.30. The Labute approximate surface area is 102 Å². The summed E-state index contributed by atoms with van der Waals surface area (Å²) < 4.78 is 0. The van der Waals surface area contributed by atoms with Crippen LogP contribution >= 0.6 is 0 Å². The molecule has 0 spiro atoms. The molecule has 0 N–H and O–H groups in total. The maximum absolute atomic E-state index is 2.52. The van der Waals surface area contributed by atoms with Crippen molar-refractivity contribution >= 4 is 0 Å². The molecule has 0 bridgehead atoms. The molecule has 0 radical (unpaired) electrons. The van der Waals surface area contributed by atoms with Crippen molar-refractivity contribution in [3.05, 3.63) is 0 Å². The third-order valence-corrected chi connectivity index (χ3v) is 6.09. The van der Waals surface area contributed by atoms with Crippen molar-refractivity contribution in [2.24, 2.45) is 41.4 Å². The minimum atomic E-state index is 0.967. The summed E-state index contributed by atoms with van der Waals surface area (Å²) in [4.78, 5) is 0. The second-order valence-electron chi connectivity index (χ2n) is 7.15. The Hall–Kier alpha value is 0. The van der Waals surface area contributed by atoms with E-state index in [0.717, 1.165) is 41.4 Å². The molecule has 2 aliphatic rings. The maximum atomic E-state index is 2.52. The first-order chi connectivity index (χ1) is 7.50. The van der Waals surface area contributed by atoms with E-state index >= 15 is 0 Å². The lowest BCUT2D eigenvalue weighted by molar-refractivity contribution is 0.111. The molecule has 7 atom stereocenters. The van der Waals surface area contributed by atoms with Gasteiger partial charge in [0.1, 0.15) is 0 Å². The van der Waals surface area contributed by atoms with Gasteiger partial charge < -0.3 is 0 Å². The number of rotatable bonds is 1. The molecule has 2 aliphatic carbocycles. The van der Waals surface area contributed by atoms with E-state index in [9.17, 15) is 0 Å². The van der Waals surface area contributed by atoms with Crippen LogP contribution < -0.4 is 0 Å². The summed E-state index contributed by atoms with van der Waals surface area (Å²) in [5.41, 5.74) is 0. The van der Waals surface area contributed by atoms with Crippen molar-refractivity contribution < 1.29 is 0 Å². The normalized spacial score (nSPS) is 54.2. The van der Waals surface area contributed by atoms with Gasteiger partial charge in [-0.1, -0.05) is 41.0 Å². The molecule has 16 heavy (non-hydrogen) atoms. The van der Waals surface area contributed by atoms with E-state index in [1.807, 2.05) is 0 Å². The van der Waals surface area contributed by atoms with Crippen molar-refractivity contribution in [1.82, 2.24) is 0 Å². The molecule has 0 aliphatic heterocycles. The lowest BCUT2D eigenvalue weighted by atomic mass is 9.67. The molecule has 0 saturated heterocycles. The van der Waals surface area contributed by atoms with Gasteiger partial charge in [-0.05, 0) is 60.7 Å². The van der Waals surface area contributed by atoms with E-state index in [2.05, 4.69) is 34.6 Å². The van der Waals surface area contributed by atoms with Crippen molar-refractivity contribution in [3.63, 3.8) is 0 Å². The molecular weight excluding hydrogens is 192 g/mol. The summed E-state index contributed by atoms with van der Waals surface area (Å²) in [6, 6.07) is 0. The molecule has 0 amide bonds. The Morgan fingerprint density at radius 2 is 1.31 bits per heavy atom. The van der Waals surface area contributed by atoms with Crippen molar-refractivity contribution in [2.75, 3.05) is 0 Å². The predicted octanol–water partition coefficient (Wildman–Crippen LogP) is 4.99. The maximum Gasteiger partial charge on any atom is -0.0332 e. The van der Waals surface area contributed by atoms with E-state index in [4.69, 9.17) is 0 Å². The largest absolute Gasteiger partial charge is 0.0623 e. The summed E-state index contributed by atoms with van der Waals surface area (Å²) in [6.45, 7) is 12.4. The third kappa shape index (κ3) is 2.17. The van der Waals surface area contributed by atoms with Gasteiger partial charge in [-0.3, -0.25) is 0 Å². The summed E-state index contributed by atoms with van der Waals surface area (Å²) in [5.74, 6) is 6.94. The van der Waals surface area contributed by atoms with Crippen molar-refractivity contribution in [1.29, 1.82) is 0 Å². The van der Waals surface area contributed by atoms with Crippen LogP contribution in [0, 0.1) is 41.4 Å². The lowest BCUT2D eigenvalue weighted by Gasteiger charge is -2.39. The van der Waals surface area contributed by atoms with Gasteiger partial charge in [-0.2, -0.15) is 0 Å². The van der Waals surface area contributed by atoms with Crippen LogP contribution in [0.1, 0.15) is 60.3 Å². The highest BCUT2D eigenvalue weighted by atomic mass is 14.5. The van der Waals surface area contributed by atoms with Crippen LogP contribution in [0.2, 0.25) is 0 Å². The molecule has 0 aromatic carbocycles. The van der Waals surface area contributed by atoms with Gasteiger partial charge in [0.15, 0.2) is 0 Å². The SMILES string of the molecule is CC1CCC(C2C(C)CC(C)C2C)CC1C.